The lowest BCUT2D eigenvalue weighted by Crippen LogP contribution is -2.50. The number of nitrogens with zero attached hydrogens (tertiary/aromatic N) is 3. The highest BCUT2D eigenvalue weighted by Gasteiger charge is 2.49. The number of amides is 2. The topological polar surface area (TPSA) is 93.7 Å². The van der Waals surface area contributed by atoms with Crippen molar-refractivity contribution in [1.29, 1.82) is 0 Å². The highest BCUT2D eigenvalue weighted by molar-refractivity contribution is 7.17. The molecule has 0 radical (unpaired) electrons. The number of aromatic nitrogens is 2. The van der Waals surface area contributed by atoms with E-state index in [0.29, 0.717) is 34.1 Å². The minimum atomic E-state index is -0.550. The summed E-state index contributed by atoms with van der Waals surface area (Å²) in [6.07, 6.45) is 2.34. The number of likely N-dealkylation sites (tertiary alicyclic amines) is 1. The number of piperidine rings is 1. The van der Waals surface area contributed by atoms with E-state index in [0.717, 1.165) is 39.9 Å². The molecule has 37 heavy (non-hydrogen) atoms. The Hall–Kier alpha value is -3.21. The largest absolute Gasteiger partial charge is 0.473 e. The van der Waals surface area contributed by atoms with Crippen LogP contribution in [0.5, 0.6) is 10.9 Å². The zero-order valence-corrected chi connectivity index (χ0v) is 22.2. The van der Waals surface area contributed by atoms with E-state index in [2.05, 4.69) is 15.3 Å². The highest BCUT2D eigenvalue weighted by atomic mass is 35.5. The minimum absolute atomic E-state index is 0.117. The molecule has 4 aromatic rings. The fourth-order valence-electron chi connectivity index (χ4n) is 5.42. The van der Waals surface area contributed by atoms with E-state index >= 15 is 0 Å². The van der Waals surface area contributed by atoms with Gasteiger partial charge in [-0.25, -0.2) is 9.78 Å². The zero-order chi connectivity index (χ0) is 25.5. The summed E-state index contributed by atoms with van der Waals surface area (Å²) in [7, 11) is 1.54. The van der Waals surface area contributed by atoms with Crippen LogP contribution in [0.15, 0.2) is 48.0 Å². The predicted molar refractivity (Wildman–Crippen MR) is 144 cm³/mol. The third kappa shape index (κ3) is 4.54. The van der Waals surface area contributed by atoms with Crippen LogP contribution in [0.3, 0.4) is 0 Å². The fraction of sp³-hybridized carbons (Fsp3) is 0.308. The molecule has 3 heterocycles. The zero-order valence-electron chi connectivity index (χ0n) is 19.8. The van der Waals surface area contributed by atoms with Gasteiger partial charge >= 0.3 is 6.09 Å². The van der Waals surface area contributed by atoms with Crippen molar-refractivity contribution in [2.75, 3.05) is 13.7 Å². The Kier molecular flexibility index (Phi) is 6.48. The third-order valence-corrected chi connectivity index (χ3v) is 9.18. The summed E-state index contributed by atoms with van der Waals surface area (Å²) >= 11 is 8.97. The molecule has 1 saturated heterocycles. The lowest BCUT2D eigenvalue weighted by atomic mass is 9.98. The van der Waals surface area contributed by atoms with Crippen molar-refractivity contribution in [3.05, 3.63) is 58.7 Å². The molecule has 1 aliphatic heterocycles. The summed E-state index contributed by atoms with van der Waals surface area (Å²) in [5.41, 5.74) is 3.67. The second-order valence-electron chi connectivity index (χ2n) is 9.11. The molecule has 2 aromatic heterocycles. The molecule has 2 aromatic carbocycles. The number of thiazole rings is 2. The Morgan fingerprint density at radius 2 is 2.08 bits per heavy atom. The Balaban J connectivity index is 1.22. The maximum atomic E-state index is 13.9. The van der Waals surface area contributed by atoms with Gasteiger partial charge in [0.15, 0.2) is 11.4 Å². The van der Waals surface area contributed by atoms with Crippen molar-refractivity contribution in [2.45, 2.75) is 31.3 Å². The van der Waals surface area contributed by atoms with Gasteiger partial charge in [-0.05, 0) is 55.0 Å². The van der Waals surface area contributed by atoms with E-state index in [1.54, 1.807) is 23.7 Å². The number of methoxy groups -OCH3 is 1. The number of fused-ring (bicyclic) bond motifs is 3. The first kappa shape index (κ1) is 24.1. The van der Waals surface area contributed by atoms with Crippen molar-refractivity contribution in [1.82, 2.24) is 20.2 Å². The summed E-state index contributed by atoms with van der Waals surface area (Å²) in [5, 5.41) is 3.89. The van der Waals surface area contributed by atoms with Gasteiger partial charge in [0.05, 0.1) is 33.8 Å². The SMILES string of the molecule is COc1nc(C(=O)N2[C@H]3CC[C@@H](C3)[C@@H]2CNC(=O)Oc2cccc3ncsc23)c(-c2cccc(Cl)c2)s1. The number of hydrogen-bond donors (Lipinski definition) is 1. The third-order valence-electron chi connectivity index (χ3n) is 7.03. The van der Waals surface area contributed by atoms with Gasteiger partial charge in [-0.15, -0.1) is 11.3 Å². The Bertz CT molecular complexity index is 1490. The van der Waals surface area contributed by atoms with Crippen molar-refractivity contribution in [3.63, 3.8) is 0 Å². The van der Waals surface area contributed by atoms with Gasteiger partial charge in [0, 0.05) is 17.6 Å². The Labute approximate surface area is 226 Å². The molecule has 3 atom stereocenters. The van der Waals surface area contributed by atoms with Gasteiger partial charge in [-0.1, -0.05) is 41.1 Å². The maximum absolute atomic E-state index is 13.9. The molecule has 190 valence electrons. The molecule has 2 bridgehead atoms. The quantitative estimate of drug-likeness (QED) is 0.321. The summed E-state index contributed by atoms with van der Waals surface area (Å²) in [6, 6.07) is 12.8. The first-order chi connectivity index (χ1) is 18.0. The van der Waals surface area contributed by atoms with E-state index in [-0.39, 0.29) is 18.0 Å². The molecule has 6 rings (SSSR count). The van der Waals surface area contributed by atoms with E-state index < -0.39 is 6.09 Å². The van der Waals surface area contributed by atoms with Crippen LogP contribution in [0, 0.1) is 5.92 Å². The summed E-state index contributed by atoms with van der Waals surface area (Å²) in [6.45, 7) is 0.304. The molecule has 1 saturated carbocycles. The number of ether oxygens (including phenoxy) is 2. The number of nitrogens with one attached hydrogen (secondary N) is 1. The van der Waals surface area contributed by atoms with Gasteiger partial charge in [0.25, 0.3) is 11.1 Å². The minimum Gasteiger partial charge on any atom is -0.473 e. The van der Waals surface area contributed by atoms with E-state index in [1.165, 1.54) is 29.8 Å². The second-order valence-corrected chi connectivity index (χ2v) is 11.4. The van der Waals surface area contributed by atoms with Crippen LogP contribution in [-0.2, 0) is 0 Å². The van der Waals surface area contributed by atoms with Crippen LogP contribution >= 0.6 is 34.3 Å². The molecule has 0 spiro atoms. The molecular formula is C26H23ClN4O4S2. The van der Waals surface area contributed by atoms with E-state index in [1.807, 2.05) is 29.2 Å². The molecule has 11 heteroatoms. The summed E-state index contributed by atoms with van der Waals surface area (Å²) < 4.78 is 11.8. The van der Waals surface area contributed by atoms with Crippen LogP contribution in [0.4, 0.5) is 4.79 Å². The lowest BCUT2D eigenvalue weighted by molar-refractivity contribution is 0.0585. The normalized spacial score (nSPS) is 20.4. The Morgan fingerprint density at radius 3 is 2.92 bits per heavy atom. The molecule has 1 aliphatic carbocycles. The molecule has 8 nitrogen and oxygen atoms in total. The van der Waals surface area contributed by atoms with Crippen LogP contribution in [0.2, 0.25) is 5.02 Å². The van der Waals surface area contributed by atoms with E-state index in [9.17, 15) is 9.59 Å². The molecule has 2 amide bonds. The van der Waals surface area contributed by atoms with Crippen LogP contribution < -0.4 is 14.8 Å². The van der Waals surface area contributed by atoms with Gasteiger partial charge < -0.3 is 19.7 Å². The first-order valence-electron chi connectivity index (χ1n) is 11.9. The van der Waals surface area contributed by atoms with Crippen molar-refractivity contribution in [3.8, 4) is 21.4 Å². The fourth-order valence-corrected chi connectivity index (χ4v) is 7.22. The molecular weight excluding hydrogens is 532 g/mol. The smallest absolute Gasteiger partial charge is 0.412 e. The standard InChI is InChI=1S/C26H23ClN4O4S2/c1-34-26-30-21(22(37-26)15-4-2-5-16(27)10-15)24(32)31-17-9-8-14(11-17)19(31)12-28-25(33)35-20-7-3-6-18-23(20)36-13-29-18/h2-7,10,13-14,17,19H,8-9,11-12H2,1H3,(H,28,33)/t14-,17-,19-/m0/s1. The van der Waals surface area contributed by atoms with Gasteiger partial charge in [-0.2, -0.15) is 4.98 Å². The molecule has 2 fully saturated rings. The number of benzene rings is 2. The predicted octanol–water partition coefficient (Wildman–Crippen LogP) is 5.86. The Morgan fingerprint density at radius 1 is 1.22 bits per heavy atom. The second kappa shape index (κ2) is 9.92. The first-order valence-corrected chi connectivity index (χ1v) is 14.0. The highest BCUT2D eigenvalue weighted by Crippen LogP contribution is 2.44. The number of hydrogen-bond acceptors (Lipinski definition) is 8. The number of halogens is 1. The van der Waals surface area contributed by atoms with Crippen LogP contribution in [-0.4, -0.2) is 52.6 Å². The monoisotopic (exact) mass is 554 g/mol. The van der Waals surface area contributed by atoms with Crippen LogP contribution in [0.1, 0.15) is 29.8 Å². The van der Waals surface area contributed by atoms with Gasteiger partial charge in [0.1, 0.15) is 0 Å². The average molecular weight is 555 g/mol. The van der Waals surface area contributed by atoms with Gasteiger partial charge in [-0.3, -0.25) is 4.79 Å². The van der Waals surface area contributed by atoms with Crippen LogP contribution in [0.25, 0.3) is 20.7 Å². The molecule has 1 N–H and O–H groups in total. The number of carbonyl (C=O) groups is 2. The number of rotatable bonds is 6. The number of carbonyl (C=O) groups excluding carboxylic acids is 2. The summed E-state index contributed by atoms with van der Waals surface area (Å²) in [4.78, 5) is 38.1. The van der Waals surface area contributed by atoms with Crippen molar-refractivity contribution < 1.29 is 19.1 Å². The van der Waals surface area contributed by atoms with Gasteiger partial charge in [0.2, 0.25) is 0 Å². The molecule has 2 aliphatic rings. The van der Waals surface area contributed by atoms with Crippen molar-refractivity contribution >= 4 is 56.5 Å². The van der Waals surface area contributed by atoms with E-state index in [4.69, 9.17) is 21.1 Å². The van der Waals surface area contributed by atoms with Crippen molar-refractivity contribution in [2.24, 2.45) is 5.92 Å². The summed E-state index contributed by atoms with van der Waals surface area (Å²) in [5.74, 6) is 0.629. The lowest BCUT2D eigenvalue weighted by Gasteiger charge is -2.35. The average Bonchev–Trinajstić information content (AvgIpc) is 3.70. The maximum Gasteiger partial charge on any atom is 0.412 e. The molecule has 0 unspecified atom stereocenters.